The van der Waals surface area contributed by atoms with Crippen LogP contribution in [0.1, 0.15) is 41.0 Å². The van der Waals surface area contributed by atoms with Gasteiger partial charge in [-0.15, -0.1) is 0 Å². The molecule has 3 rings (SSSR count). The lowest BCUT2D eigenvalue weighted by atomic mass is 9.76. The highest BCUT2D eigenvalue weighted by molar-refractivity contribution is 6.31. The zero-order valence-electron chi connectivity index (χ0n) is 14.4. The lowest BCUT2D eigenvalue weighted by Gasteiger charge is -2.32. The average Bonchev–Trinajstić information content (AvgIpc) is 2.63. The van der Waals surface area contributed by atoms with Crippen LogP contribution in [0.5, 0.6) is 0 Å². The van der Waals surface area contributed by atoms with Gasteiger partial charge in [0.2, 0.25) is 6.41 Å². The number of aryl methyl sites for hydroxylation is 2. The van der Waals surface area contributed by atoms with E-state index in [0.717, 1.165) is 49.1 Å². The third-order valence-electron chi connectivity index (χ3n) is 5.14. The number of rotatable bonds is 7. The fraction of sp³-hybridized carbons (Fsp3) is 0.381. The molecule has 0 saturated carbocycles. The molecular weight excluding hydrogens is 332 g/mol. The topological polar surface area (TPSA) is 55.1 Å². The molecular formula is C21H25ClN2O. The standard InChI is InChI=1S/C21H25ClN2O/c22-20-6-2-1-5-17(20)13-19-18-12-15(4-3-11-24-14-25)7-8-16(18)9-10-21(19)23/h1-2,5-8,12,14,19,21H,3-4,9-11,13,23H2,(H,24,25). The fourth-order valence-electron chi connectivity index (χ4n) is 3.74. The molecule has 0 saturated heterocycles. The van der Waals surface area contributed by atoms with E-state index in [4.69, 9.17) is 17.3 Å². The Morgan fingerprint density at radius 2 is 2.08 bits per heavy atom. The Kier molecular flexibility index (Phi) is 6.11. The molecule has 0 radical (unpaired) electrons. The number of carbonyl (C=O) groups is 1. The lowest BCUT2D eigenvalue weighted by molar-refractivity contribution is -0.109. The number of halogens is 1. The van der Waals surface area contributed by atoms with Gasteiger partial charge < -0.3 is 11.1 Å². The Hall–Kier alpha value is -1.84. The van der Waals surface area contributed by atoms with Crippen LogP contribution in [0.2, 0.25) is 5.02 Å². The van der Waals surface area contributed by atoms with Crippen LogP contribution in [0.25, 0.3) is 0 Å². The molecule has 1 aliphatic carbocycles. The predicted octanol–water partition coefficient (Wildman–Crippen LogP) is 3.62. The van der Waals surface area contributed by atoms with Crippen molar-refractivity contribution in [3.05, 3.63) is 69.7 Å². The first-order valence-corrected chi connectivity index (χ1v) is 9.34. The molecule has 2 unspecified atom stereocenters. The van der Waals surface area contributed by atoms with Gasteiger partial charge in [-0.3, -0.25) is 4.79 Å². The monoisotopic (exact) mass is 356 g/mol. The molecule has 2 aromatic carbocycles. The third-order valence-corrected chi connectivity index (χ3v) is 5.51. The summed E-state index contributed by atoms with van der Waals surface area (Å²) in [6, 6.07) is 15.0. The maximum absolute atomic E-state index is 10.4. The van der Waals surface area contributed by atoms with Gasteiger partial charge in [0.15, 0.2) is 0 Å². The molecule has 1 amide bonds. The summed E-state index contributed by atoms with van der Waals surface area (Å²) in [5.41, 5.74) is 11.7. The molecule has 0 aromatic heterocycles. The molecule has 0 bridgehead atoms. The van der Waals surface area contributed by atoms with Gasteiger partial charge >= 0.3 is 0 Å². The van der Waals surface area contributed by atoms with Crippen LogP contribution >= 0.6 is 11.6 Å². The van der Waals surface area contributed by atoms with E-state index in [1.54, 1.807) is 0 Å². The Bertz CT molecular complexity index is 732. The Morgan fingerprint density at radius 1 is 1.24 bits per heavy atom. The van der Waals surface area contributed by atoms with E-state index in [0.29, 0.717) is 12.5 Å². The second kappa shape index (κ2) is 8.50. The Balaban J connectivity index is 1.81. The number of benzene rings is 2. The van der Waals surface area contributed by atoms with Crippen molar-refractivity contribution in [2.24, 2.45) is 5.73 Å². The summed E-state index contributed by atoms with van der Waals surface area (Å²) in [5.74, 6) is 0.303. The van der Waals surface area contributed by atoms with E-state index in [2.05, 4.69) is 29.6 Å². The normalized spacial score (nSPS) is 19.3. The van der Waals surface area contributed by atoms with Gasteiger partial charge in [-0.1, -0.05) is 48.0 Å². The summed E-state index contributed by atoms with van der Waals surface area (Å²) in [5, 5.41) is 3.54. The molecule has 3 N–H and O–H groups in total. The highest BCUT2D eigenvalue weighted by Gasteiger charge is 2.27. The molecule has 4 heteroatoms. The maximum Gasteiger partial charge on any atom is 0.207 e. The van der Waals surface area contributed by atoms with Crippen LogP contribution in [0.3, 0.4) is 0 Å². The van der Waals surface area contributed by atoms with Gasteiger partial charge in [0.25, 0.3) is 0 Å². The van der Waals surface area contributed by atoms with E-state index in [9.17, 15) is 4.79 Å². The largest absolute Gasteiger partial charge is 0.359 e. The molecule has 132 valence electrons. The smallest absolute Gasteiger partial charge is 0.207 e. The van der Waals surface area contributed by atoms with E-state index >= 15 is 0 Å². The summed E-state index contributed by atoms with van der Waals surface area (Å²) in [6.45, 7) is 0.711. The molecule has 0 spiro atoms. The highest BCUT2D eigenvalue weighted by atomic mass is 35.5. The second-order valence-electron chi connectivity index (χ2n) is 6.81. The molecule has 0 fully saturated rings. The first kappa shape index (κ1) is 18.0. The van der Waals surface area contributed by atoms with Crippen molar-refractivity contribution in [1.29, 1.82) is 0 Å². The lowest BCUT2D eigenvalue weighted by Crippen LogP contribution is -2.34. The van der Waals surface area contributed by atoms with Gasteiger partial charge in [-0.2, -0.15) is 0 Å². The average molecular weight is 357 g/mol. The number of nitrogens with two attached hydrogens (primary N) is 1. The number of carbonyl (C=O) groups excluding carboxylic acids is 1. The summed E-state index contributed by atoms with van der Waals surface area (Å²) in [6.07, 6.45) is 5.60. The van der Waals surface area contributed by atoms with Crippen LogP contribution in [0.4, 0.5) is 0 Å². The van der Waals surface area contributed by atoms with Crippen LogP contribution in [0, 0.1) is 0 Å². The second-order valence-corrected chi connectivity index (χ2v) is 7.22. The molecule has 0 aliphatic heterocycles. The minimum atomic E-state index is 0.163. The van der Waals surface area contributed by atoms with Crippen molar-refractivity contribution in [2.75, 3.05) is 6.54 Å². The van der Waals surface area contributed by atoms with Gasteiger partial charge in [-0.25, -0.2) is 0 Å². The van der Waals surface area contributed by atoms with Crippen LogP contribution in [-0.4, -0.2) is 19.0 Å². The van der Waals surface area contributed by atoms with Crippen molar-refractivity contribution >= 4 is 18.0 Å². The number of fused-ring (bicyclic) bond motifs is 1. The molecule has 0 heterocycles. The Morgan fingerprint density at radius 3 is 2.88 bits per heavy atom. The van der Waals surface area contributed by atoms with Gasteiger partial charge in [0.1, 0.15) is 0 Å². The highest BCUT2D eigenvalue weighted by Crippen LogP contribution is 2.35. The van der Waals surface area contributed by atoms with E-state index in [1.165, 1.54) is 16.7 Å². The molecule has 3 nitrogen and oxygen atoms in total. The first-order valence-electron chi connectivity index (χ1n) is 8.96. The number of amides is 1. The summed E-state index contributed by atoms with van der Waals surface area (Å²) < 4.78 is 0. The van der Waals surface area contributed by atoms with E-state index < -0.39 is 0 Å². The quantitative estimate of drug-likeness (QED) is 0.588. The fourth-order valence-corrected chi connectivity index (χ4v) is 3.96. The van der Waals surface area contributed by atoms with Crippen molar-refractivity contribution in [2.45, 2.75) is 44.1 Å². The Labute approximate surface area is 154 Å². The predicted molar refractivity (Wildman–Crippen MR) is 103 cm³/mol. The minimum absolute atomic E-state index is 0.163. The first-order chi connectivity index (χ1) is 12.2. The van der Waals surface area contributed by atoms with Crippen molar-refractivity contribution in [3.63, 3.8) is 0 Å². The summed E-state index contributed by atoms with van der Waals surface area (Å²) in [7, 11) is 0. The number of hydrogen-bond donors (Lipinski definition) is 2. The zero-order chi connectivity index (χ0) is 17.6. The number of nitrogens with one attached hydrogen (secondary N) is 1. The zero-order valence-corrected chi connectivity index (χ0v) is 15.1. The number of hydrogen-bond acceptors (Lipinski definition) is 2. The molecule has 25 heavy (non-hydrogen) atoms. The molecule has 2 aromatic rings. The molecule has 2 atom stereocenters. The van der Waals surface area contributed by atoms with Crippen molar-refractivity contribution < 1.29 is 4.79 Å². The van der Waals surface area contributed by atoms with Crippen LogP contribution < -0.4 is 11.1 Å². The van der Waals surface area contributed by atoms with E-state index in [-0.39, 0.29) is 6.04 Å². The van der Waals surface area contributed by atoms with Crippen molar-refractivity contribution in [3.8, 4) is 0 Å². The van der Waals surface area contributed by atoms with Crippen LogP contribution in [-0.2, 0) is 24.1 Å². The summed E-state index contributed by atoms with van der Waals surface area (Å²) in [4.78, 5) is 10.4. The van der Waals surface area contributed by atoms with Gasteiger partial charge in [0, 0.05) is 23.5 Å². The maximum atomic E-state index is 10.4. The van der Waals surface area contributed by atoms with Gasteiger partial charge in [0.05, 0.1) is 0 Å². The minimum Gasteiger partial charge on any atom is -0.359 e. The SMILES string of the molecule is NC1CCc2ccc(CCCNC=O)cc2C1Cc1ccccc1Cl. The van der Waals surface area contributed by atoms with Crippen molar-refractivity contribution in [1.82, 2.24) is 5.32 Å². The van der Waals surface area contributed by atoms with Gasteiger partial charge in [-0.05, 0) is 60.4 Å². The molecule has 1 aliphatic rings. The summed E-state index contributed by atoms with van der Waals surface area (Å²) >= 11 is 6.37. The van der Waals surface area contributed by atoms with Crippen LogP contribution in [0.15, 0.2) is 42.5 Å². The van der Waals surface area contributed by atoms with E-state index in [1.807, 2.05) is 18.2 Å². The third kappa shape index (κ3) is 4.42.